The Balaban J connectivity index is 1.12. The van der Waals surface area contributed by atoms with Crippen LogP contribution in [0.1, 0.15) is 24.5 Å². The largest absolute Gasteiger partial charge is 0.473 e. The molecule has 50 heavy (non-hydrogen) atoms. The predicted octanol–water partition coefficient (Wildman–Crippen LogP) is 6.08. The topological polar surface area (TPSA) is 113 Å². The van der Waals surface area contributed by atoms with Gasteiger partial charge in [-0.25, -0.2) is 4.79 Å². The molecule has 3 aromatic carbocycles. The van der Waals surface area contributed by atoms with E-state index in [1.165, 1.54) is 4.90 Å². The summed E-state index contributed by atoms with van der Waals surface area (Å²) < 4.78 is 14.4. The molecule has 2 aliphatic heterocycles. The summed E-state index contributed by atoms with van der Waals surface area (Å²) in [7, 11) is 1.95. The number of likely N-dealkylation sites (tertiary alicyclic amines) is 1. The SMILES string of the molecule is C[C@H]1CN(C(=O)O)CC[C@@H]1C(=O)N1CCN(c2cccc3c(-c4ccc(OCc5ccccc5)nc4OCc4ccccc4)nn(C)c23)CC1. The first-order valence-corrected chi connectivity index (χ1v) is 17.2. The minimum atomic E-state index is -0.916. The van der Waals surface area contributed by atoms with Crippen molar-refractivity contribution in [1.82, 2.24) is 24.6 Å². The molecule has 11 heteroatoms. The third-order valence-corrected chi connectivity index (χ3v) is 9.81. The first kappa shape index (κ1) is 32.9. The zero-order valence-corrected chi connectivity index (χ0v) is 28.4. The van der Waals surface area contributed by atoms with Crippen molar-refractivity contribution in [2.45, 2.75) is 26.6 Å². The van der Waals surface area contributed by atoms with Crippen molar-refractivity contribution < 1.29 is 24.2 Å². The van der Waals surface area contributed by atoms with Crippen LogP contribution in [0.25, 0.3) is 22.2 Å². The molecule has 2 fully saturated rings. The number of ether oxygens (including phenoxy) is 2. The molecule has 1 N–H and O–H groups in total. The van der Waals surface area contributed by atoms with E-state index < -0.39 is 6.09 Å². The number of aromatic nitrogens is 3. The number of carbonyl (C=O) groups is 2. The Morgan fingerprint density at radius 3 is 2.14 bits per heavy atom. The van der Waals surface area contributed by atoms with Crippen molar-refractivity contribution in [1.29, 1.82) is 0 Å². The number of piperazine rings is 1. The van der Waals surface area contributed by atoms with E-state index in [0.29, 0.717) is 70.7 Å². The number of para-hydroxylation sites is 1. The second kappa shape index (κ2) is 14.5. The molecular formula is C39H42N6O5. The second-order valence-electron chi connectivity index (χ2n) is 13.1. The number of aryl methyl sites for hydroxylation is 1. The normalized spacial score (nSPS) is 17.9. The van der Waals surface area contributed by atoms with Crippen LogP contribution in [-0.2, 0) is 25.1 Å². The first-order valence-electron chi connectivity index (χ1n) is 17.2. The van der Waals surface area contributed by atoms with Crippen LogP contribution in [0.15, 0.2) is 91.0 Å². The average Bonchev–Trinajstić information content (AvgIpc) is 3.49. The van der Waals surface area contributed by atoms with Gasteiger partial charge in [-0.2, -0.15) is 10.1 Å². The quantitative estimate of drug-likeness (QED) is 0.200. The highest BCUT2D eigenvalue weighted by atomic mass is 16.5. The van der Waals surface area contributed by atoms with Crippen molar-refractivity contribution in [3.63, 3.8) is 0 Å². The Morgan fingerprint density at radius 1 is 0.800 bits per heavy atom. The zero-order chi connectivity index (χ0) is 34.6. The van der Waals surface area contributed by atoms with Crippen LogP contribution in [-0.4, -0.2) is 80.9 Å². The van der Waals surface area contributed by atoms with E-state index in [2.05, 4.69) is 17.0 Å². The van der Waals surface area contributed by atoms with Crippen molar-refractivity contribution in [2.24, 2.45) is 18.9 Å². The number of anilines is 1. The molecule has 2 amide bonds. The van der Waals surface area contributed by atoms with Gasteiger partial charge >= 0.3 is 6.09 Å². The highest BCUT2D eigenvalue weighted by Crippen LogP contribution is 2.38. The van der Waals surface area contributed by atoms with Gasteiger partial charge in [0.25, 0.3) is 0 Å². The fraction of sp³-hybridized carbons (Fsp3) is 0.333. The number of hydrogen-bond donors (Lipinski definition) is 1. The van der Waals surface area contributed by atoms with Crippen molar-refractivity contribution >= 4 is 28.6 Å². The second-order valence-corrected chi connectivity index (χ2v) is 13.1. The van der Waals surface area contributed by atoms with Crippen LogP contribution in [0.5, 0.6) is 11.8 Å². The molecule has 0 aliphatic carbocycles. The number of hydrogen-bond acceptors (Lipinski definition) is 7. The maximum absolute atomic E-state index is 13.5. The molecule has 0 unspecified atom stereocenters. The van der Waals surface area contributed by atoms with E-state index in [1.807, 2.05) is 102 Å². The summed E-state index contributed by atoms with van der Waals surface area (Å²) in [6, 6.07) is 30.0. The van der Waals surface area contributed by atoms with Gasteiger partial charge in [-0.05, 0) is 35.6 Å². The van der Waals surface area contributed by atoms with Crippen LogP contribution in [0.3, 0.4) is 0 Å². The van der Waals surface area contributed by atoms with Crippen LogP contribution in [0.2, 0.25) is 0 Å². The van der Waals surface area contributed by atoms with Crippen LogP contribution in [0.4, 0.5) is 10.5 Å². The summed E-state index contributed by atoms with van der Waals surface area (Å²) in [4.78, 5) is 35.5. The lowest BCUT2D eigenvalue weighted by atomic mass is 9.85. The fourth-order valence-corrected chi connectivity index (χ4v) is 7.11. The maximum atomic E-state index is 13.5. The third-order valence-electron chi connectivity index (χ3n) is 9.81. The Labute approximate surface area is 291 Å². The molecular weight excluding hydrogens is 632 g/mol. The minimum absolute atomic E-state index is 0.00691. The van der Waals surface area contributed by atoms with Crippen molar-refractivity contribution in [3.8, 4) is 23.0 Å². The maximum Gasteiger partial charge on any atom is 0.407 e. The van der Waals surface area contributed by atoms with Gasteiger partial charge in [0.05, 0.1) is 16.8 Å². The lowest BCUT2D eigenvalue weighted by molar-refractivity contribution is -0.139. The molecule has 7 rings (SSSR count). The molecule has 0 radical (unpaired) electrons. The average molecular weight is 675 g/mol. The van der Waals surface area contributed by atoms with Crippen molar-refractivity contribution in [2.75, 3.05) is 44.2 Å². The van der Waals surface area contributed by atoms with Gasteiger partial charge in [-0.1, -0.05) is 79.7 Å². The van der Waals surface area contributed by atoms with Gasteiger partial charge < -0.3 is 29.3 Å². The number of fused-ring (bicyclic) bond motifs is 1. The Hall–Kier alpha value is -5.58. The summed E-state index contributed by atoms with van der Waals surface area (Å²) in [5, 5.41) is 15.4. The number of benzene rings is 3. The van der Waals surface area contributed by atoms with Gasteiger partial charge in [0.15, 0.2) is 0 Å². The highest BCUT2D eigenvalue weighted by molar-refractivity contribution is 6.01. The van der Waals surface area contributed by atoms with E-state index in [4.69, 9.17) is 19.6 Å². The predicted molar refractivity (Wildman–Crippen MR) is 191 cm³/mol. The highest BCUT2D eigenvalue weighted by Gasteiger charge is 2.36. The minimum Gasteiger partial charge on any atom is -0.473 e. The zero-order valence-electron chi connectivity index (χ0n) is 28.4. The Kier molecular flexibility index (Phi) is 9.55. The monoisotopic (exact) mass is 674 g/mol. The fourth-order valence-electron chi connectivity index (χ4n) is 7.11. The lowest BCUT2D eigenvalue weighted by Gasteiger charge is -2.41. The summed E-state index contributed by atoms with van der Waals surface area (Å²) in [6.07, 6.45) is -0.351. The Morgan fingerprint density at radius 2 is 1.48 bits per heavy atom. The van der Waals surface area contributed by atoms with Gasteiger partial charge in [0.1, 0.15) is 18.9 Å². The summed E-state index contributed by atoms with van der Waals surface area (Å²) >= 11 is 0. The summed E-state index contributed by atoms with van der Waals surface area (Å²) in [5.74, 6) is 0.890. The van der Waals surface area contributed by atoms with Crippen LogP contribution >= 0.6 is 0 Å². The summed E-state index contributed by atoms with van der Waals surface area (Å²) in [5.41, 5.74) is 5.67. The van der Waals surface area contributed by atoms with E-state index in [-0.39, 0.29) is 17.7 Å². The molecule has 0 bridgehead atoms. The van der Waals surface area contributed by atoms with E-state index in [0.717, 1.165) is 39.0 Å². The molecule has 11 nitrogen and oxygen atoms in total. The smallest absolute Gasteiger partial charge is 0.407 e. The van der Waals surface area contributed by atoms with E-state index in [9.17, 15) is 14.7 Å². The number of nitrogens with zero attached hydrogens (tertiary/aromatic N) is 6. The Bertz CT molecular complexity index is 1960. The van der Waals surface area contributed by atoms with Gasteiger partial charge in [-0.15, -0.1) is 0 Å². The van der Waals surface area contributed by atoms with Crippen LogP contribution < -0.4 is 14.4 Å². The molecule has 0 saturated carbocycles. The van der Waals surface area contributed by atoms with Crippen molar-refractivity contribution in [3.05, 3.63) is 102 Å². The van der Waals surface area contributed by atoms with Gasteiger partial charge in [0.2, 0.25) is 17.7 Å². The number of rotatable bonds is 9. The number of carboxylic acid groups (broad SMARTS) is 1. The molecule has 2 aliphatic rings. The number of amides is 2. The van der Waals surface area contributed by atoms with E-state index >= 15 is 0 Å². The van der Waals surface area contributed by atoms with Crippen LogP contribution in [0, 0.1) is 11.8 Å². The number of carbonyl (C=O) groups excluding carboxylic acids is 1. The summed E-state index contributed by atoms with van der Waals surface area (Å²) in [6.45, 7) is 6.11. The first-order chi connectivity index (χ1) is 24.4. The molecule has 5 aromatic rings. The molecule has 0 spiro atoms. The molecule has 258 valence electrons. The third kappa shape index (κ3) is 6.94. The lowest BCUT2D eigenvalue weighted by Crippen LogP contribution is -2.53. The number of pyridine rings is 1. The molecule has 2 atom stereocenters. The molecule has 2 saturated heterocycles. The molecule has 2 aromatic heterocycles. The molecule has 4 heterocycles. The number of piperidine rings is 1. The van der Waals surface area contributed by atoms with Gasteiger partial charge in [-0.3, -0.25) is 9.48 Å². The van der Waals surface area contributed by atoms with Gasteiger partial charge in [0, 0.05) is 63.7 Å². The standard InChI is InChI=1S/C39H42N6O5/c1-27-24-45(39(47)48)19-18-30(27)38(46)44-22-20-43(21-23-44)33-15-9-14-31-35(41-42(2)36(31)33)32-16-17-34(49-25-28-10-5-3-6-11-28)40-37(32)50-26-29-12-7-4-8-13-29/h3-17,27,30H,18-26H2,1-2H3,(H,47,48)/t27-,30-/m0/s1. The van der Waals surface area contributed by atoms with E-state index in [1.54, 1.807) is 0 Å².